The van der Waals surface area contributed by atoms with Gasteiger partial charge in [0, 0.05) is 24.2 Å². The van der Waals surface area contributed by atoms with Crippen molar-refractivity contribution in [1.82, 2.24) is 10.2 Å². The number of hydrogen-bond acceptors (Lipinski definition) is 2. The fourth-order valence-corrected chi connectivity index (χ4v) is 2.64. The number of piperidine rings is 1. The Hall–Kier alpha value is -0.570. The third kappa shape index (κ3) is 2.71. The second kappa shape index (κ2) is 3.54. The van der Waals surface area contributed by atoms with Crippen molar-refractivity contribution in [1.29, 1.82) is 0 Å². The van der Waals surface area contributed by atoms with Crippen LogP contribution in [0, 0.1) is 0 Å². The monoisotopic (exact) mass is 198 g/mol. The van der Waals surface area contributed by atoms with Gasteiger partial charge in [-0.05, 0) is 40.5 Å². The summed E-state index contributed by atoms with van der Waals surface area (Å²) in [6.45, 7) is 8.78. The molecule has 0 spiro atoms. The molecule has 0 aromatic rings. The highest BCUT2D eigenvalue weighted by atomic mass is 16.1. The van der Waals surface area contributed by atoms with Crippen LogP contribution >= 0.6 is 0 Å². The average molecular weight is 198 g/mol. The summed E-state index contributed by atoms with van der Waals surface area (Å²) in [6, 6.07) is 0.360. The maximum atomic E-state index is 10.7. The fourth-order valence-electron chi connectivity index (χ4n) is 2.64. The first-order valence-corrected chi connectivity index (χ1v) is 5.22. The minimum atomic E-state index is 0.115. The molecule has 1 aliphatic rings. The van der Waals surface area contributed by atoms with Gasteiger partial charge in [0.25, 0.3) is 0 Å². The first kappa shape index (κ1) is 11.5. The molecule has 3 heteroatoms. The van der Waals surface area contributed by atoms with Crippen LogP contribution in [0.3, 0.4) is 0 Å². The van der Waals surface area contributed by atoms with Crippen molar-refractivity contribution in [2.24, 2.45) is 0 Å². The SMILES string of the molecule is CN(C=O)C1CC(C)(C)NC(C)(C)C1. The molecule has 1 heterocycles. The number of rotatable bonds is 2. The standard InChI is InChI=1S/C11H22N2O/c1-10(2)6-9(13(5)8-14)7-11(3,4)12-10/h8-9,12H,6-7H2,1-5H3. The van der Waals surface area contributed by atoms with E-state index in [1.165, 1.54) is 0 Å². The van der Waals surface area contributed by atoms with Gasteiger partial charge in [-0.25, -0.2) is 0 Å². The van der Waals surface area contributed by atoms with Crippen molar-refractivity contribution >= 4 is 6.41 Å². The van der Waals surface area contributed by atoms with E-state index in [0.717, 1.165) is 19.3 Å². The van der Waals surface area contributed by atoms with E-state index in [1.807, 2.05) is 7.05 Å². The van der Waals surface area contributed by atoms with Crippen molar-refractivity contribution in [3.8, 4) is 0 Å². The summed E-state index contributed by atoms with van der Waals surface area (Å²) in [6.07, 6.45) is 2.97. The molecule has 1 N–H and O–H groups in total. The Kier molecular flexibility index (Phi) is 2.91. The summed E-state index contributed by atoms with van der Waals surface area (Å²) < 4.78 is 0. The van der Waals surface area contributed by atoms with Crippen LogP contribution in [-0.4, -0.2) is 35.5 Å². The molecule has 1 aliphatic heterocycles. The third-order valence-corrected chi connectivity index (χ3v) is 2.91. The van der Waals surface area contributed by atoms with Gasteiger partial charge in [-0.3, -0.25) is 4.79 Å². The first-order valence-electron chi connectivity index (χ1n) is 5.22. The van der Waals surface area contributed by atoms with Gasteiger partial charge in [0.2, 0.25) is 6.41 Å². The molecule has 82 valence electrons. The Balaban J connectivity index is 2.76. The maximum Gasteiger partial charge on any atom is 0.209 e. The van der Waals surface area contributed by atoms with E-state index in [0.29, 0.717) is 6.04 Å². The smallest absolute Gasteiger partial charge is 0.209 e. The Labute approximate surface area is 86.9 Å². The van der Waals surface area contributed by atoms with E-state index >= 15 is 0 Å². The molecule has 0 bridgehead atoms. The van der Waals surface area contributed by atoms with Crippen LogP contribution in [0.25, 0.3) is 0 Å². The zero-order chi connectivity index (χ0) is 11.0. The number of carbonyl (C=O) groups excluding carboxylic acids is 1. The van der Waals surface area contributed by atoms with Crippen LogP contribution in [0.2, 0.25) is 0 Å². The third-order valence-electron chi connectivity index (χ3n) is 2.91. The minimum Gasteiger partial charge on any atom is -0.345 e. The number of amides is 1. The van der Waals surface area contributed by atoms with Gasteiger partial charge in [-0.2, -0.15) is 0 Å². The molecule has 0 radical (unpaired) electrons. The van der Waals surface area contributed by atoms with Crippen LogP contribution in [0.1, 0.15) is 40.5 Å². The number of nitrogens with one attached hydrogen (secondary N) is 1. The van der Waals surface area contributed by atoms with Gasteiger partial charge in [-0.15, -0.1) is 0 Å². The molecule has 3 nitrogen and oxygen atoms in total. The van der Waals surface area contributed by atoms with Gasteiger partial charge in [0.1, 0.15) is 0 Å². The summed E-state index contributed by atoms with van der Waals surface area (Å²) in [5, 5.41) is 3.60. The Morgan fingerprint density at radius 2 is 1.64 bits per heavy atom. The van der Waals surface area contributed by atoms with E-state index in [4.69, 9.17) is 0 Å². The Morgan fingerprint density at radius 1 is 1.21 bits per heavy atom. The normalized spacial score (nSPS) is 25.8. The van der Waals surface area contributed by atoms with E-state index in [-0.39, 0.29) is 11.1 Å². The lowest BCUT2D eigenvalue weighted by Gasteiger charge is -2.48. The minimum absolute atomic E-state index is 0.115. The van der Waals surface area contributed by atoms with E-state index in [2.05, 4.69) is 33.0 Å². The number of carbonyl (C=O) groups is 1. The number of hydrogen-bond donors (Lipinski definition) is 1. The molecule has 1 rings (SSSR count). The molecule has 0 aliphatic carbocycles. The van der Waals surface area contributed by atoms with Crippen molar-refractivity contribution in [3.63, 3.8) is 0 Å². The molecule has 1 fully saturated rings. The van der Waals surface area contributed by atoms with Gasteiger partial charge < -0.3 is 10.2 Å². The Morgan fingerprint density at radius 3 is 2.00 bits per heavy atom. The van der Waals surface area contributed by atoms with E-state index in [1.54, 1.807) is 4.90 Å². The predicted molar refractivity (Wildman–Crippen MR) is 58.1 cm³/mol. The molecule has 14 heavy (non-hydrogen) atoms. The molecular weight excluding hydrogens is 176 g/mol. The van der Waals surface area contributed by atoms with Crippen molar-refractivity contribution < 1.29 is 4.79 Å². The molecule has 0 atom stereocenters. The van der Waals surface area contributed by atoms with E-state index < -0.39 is 0 Å². The molecule has 1 saturated heterocycles. The summed E-state index contributed by atoms with van der Waals surface area (Å²) in [5.41, 5.74) is 0.230. The van der Waals surface area contributed by atoms with Gasteiger partial charge in [-0.1, -0.05) is 0 Å². The lowest BCUT2D eigenvalue weighted by Crippen LogP contribution is -2.61. The van der Waals surface area contributed by atoms with Crippen molar-refractivity contribution in [2.45, 2.75) is 57.7 Å². The largest absolute Gasteiger partial charge is 0.345 e. The van der Waals surface area contributed by atoms with Crippen LogP contribution < -0.4 is 5.32 Å². The molecular formula is C11H22N2O. The second-order valence-electron chi connectivity index (χ2n) is 5.73. The molecule has 1 amide bonds. The van der Waals surface area contributed by atoms with Crippen LogP contribution in [-0.2, 0) is 4.79 Å². The lowest BCUT2D eigenvalue weighted by atomic mass is 9.79. The van der Waals surface area contributed by atoms with Crippen molar-refractivity contribution in [2.75, 3.05) is 7.05 Å². The van der Waals surface area contributed by atoms with Crippen molar-refractivity contribution in [3.05, 3.63) is 0 Å². The fraction of sp³-hybridized carbons (Fsp3) is 0.909. The highest BCUT2D eigenvalue weighted by Gasteiger charge is 2.38. The molecule has 0 saturated carbocycles. The van der Waals surface area contributed by atoms with E-state index in [9.17, 15) is 4.79 Å². The number of nitrogens with zero attached hydrogens (tertiary/aromatic N) is 1. The summed E-state index contributed by atoms with van der Waals surface area (Å²) in [4.78, 5) is 12.5. The second-order valence-corrected chi connectivity index (χ2v) is 5.73. The van der Waals surface area contributed by atoms with Gasteiger partial charge in [0.05, 0.1) is 0 Å². The van der Waals surface area contributed by atoms with Gasteiger partial charge in [0.15, 0.2) is 0 Å². The molecule has 0 aromatic carbocycles. The molecule has 0 aromatic heterocycles. The maximum absolute atomic E-state index is 10.7. The predicted octanol–water partition coefficient (Wildman–Crippen LogP) is 1.38. The molecule has 0 unspecified atom stereocenters. The Bertz CT molecular complexity index is 207. The highest BCUT2D eigenvalue weighted by molar-refractivity contribution is 5.47. The van der Waals surface area contributed by atoms with Crippen LogP contribution in [0.5, 0.6) is 0 Å². The quantitative estimate of drug-likeness (QED) is 0.680. The van der Waals surface area contributed by atoms with Crippen LogP contribution in [0.15, 0.2) is 0 Å². The summed E-state index contributed by atoms with van der Waals surface area (Å²) in [7, 11) is 1.87. The lowest BCUT2D eigenvalue weighted by molar-refractivity contribution is -0.120. The first-order chi connectivity index (χ1) is 6.26. The average Bonchev–Trinajstić information content (AvgIpc) is 1.97. The summed E-state index contributed by atoms with van der Waals surface area (Å²) in [5.74, 6) is 0. The highest BCUT2D eigenvalue weighted by Crippen LogP contribution is 2.30. The van der Waals surface area contributed by atoms with Crippen LogP contribution in [0.4, 0.5) is 0 Å². The van der Waals surface area contributed by atoms with Gasteiger partial charge >= 0.3 is 0 Å². The zero-order valence-corrected chi connectivity index (χ0v) is 9.92. The topological polar surface area (TPSA) is 32.3 Å². The summed E-state index contributed by atoms with van der Waals surface area (Å²) >= 11 is 0. The zero-order valence-electron chi connectivity index (χ0n) is 9.92.